The van der Waals surface area contributed by atoms with Crippen molar-refractivity contribution in [2.45, 2.75) is 39.1 Å². The van der Waals surface area contributed by atoms with E-state index in [4.69, 9.17) is 27.9 Å². The fraction of sp³-hybridized carbons (Fsp3) is 0.286. The van der Waals surface area contributed by atoms with Gasteiger partial charge in [0, 0.05) is 17.3 Å². The van der Waals surface area contributed by atoms with E-state index in [1.54, 1.807) is 18.2 Å². The number of ether oxygens (including phenoxy) is 1. The van der Waals surface area contributed by atoms with Gasteiger partial charge in [-0.3, -0.25) is 4.79 Å². The van der Waals surface area contributed by atoms with Crippen LogP contribution in [-0.4, -0.2) is 26.4 Å². The maximum atomic E-state index is 12.4. The Kier molecular flexibility index (Phi) is 7.64. The zero-order chi connectivity index (χ0) is 21.7. The summed E-state index contributed by atoms with van der Waals surface area (Å²) in [6.07, 6.45) is 0. The van der Waals surface area contributed by atoms with Gasteiger partial charge in [-0.05, 0) is 50.1 Å². The van der Waals surface area contributed by atoms with E-state index in [2.05, 4.69) is 15.5 Å². The van der Waals surface area contributed by atoms with Crippen LogP contribution in [0.5, 0.6) is 5.75 Å². The number of anilines is 1. The number of aromatic nitrogens is 3. The molecule has 6 nitrogen and oxygen atoms in total. The molecule has 9 heteroatoms. The maximum absolute atomic E-state index is 12.4. The molecular formula is C21H22Cl2N4O2S. The van der Waals surface area contributed by atoms with E-state index in [0.29, 0.717) is 33.3 Å². The Morgan fingerprint density at radius 1 is 1.17 bits per heavy atom. The van der Waals surface area contributed by atoms with Gasteiger partial charge in [-0.2, -0.15) is 0 Å². The summed E-state index contributed by atoms with van der Waals surface area (Å²) >= 11 is 13.4. The molecular weight excluding hydrogens is 443 g/mol. The van der Waals surface area contributed by atoms with Crippen LogP contribution in [0.2, 0.25) is 10.0 Å². The van der Waals surface area contributed by atoms with Crippen LogP contribution in [0.4, 0.5) is 5.69 Å². The summed E-state index contributed by atoms with van der Waals surface area (Å²) in [7, 11) is 0. The van der Waals surface area contributed by atoms with Gasteiger partial charge in [-0.1, -0.05) is 53.2 Å². The van der Waals surface area contributed by atoms with E-state index in [9.17, 15) is 4.79 Å². The van der Waals surface area contributed by atoms with Crippen molar-refractivity contribution in [3.8, 4) is 5.75 Å². The fourth-order valence-electron chi connectivity index (χ4n) is 2.90. The van der Waals surface area contributed by atoms with Crippen LogP contribution in [-0.2, 0) is 17.9 Å². The zero-order valence-corrected chi connectivity index (χ0v) is 19.2. The molecule has 1 amide bonds. The predicted molar refractivity (Wildman–Crippen MR) is 122 cm³/mol. The van der Waals surface area contributed by atoms with Crippen LogP contribution in [0, 0.1) is 13.8 Å². The molecule has 0 saturated heterocycles. The molecule has 0 atom stereocenters. The van der Waals surface area contributed by atoms with Gasteiger partial charge < -0.3 is 14.6 Å². The number of carbonyl (C=O) groups excluding carboxylic acids is 1. The molecule has 158 valence electrons. The van der Waals surface area contributed by atoms with Crippen molar-refractivity contribution in [1.29, 1.82) is 0 Å². The quantitative estimate of drug-likeness (QED) is 0.443. The topological polar surface area (TPSA) is 69.0 Å². The first kappa shape index (κ1) is 22.5. The van der Waals surface area contributed by atoms with Crippen LogP contribution < -0.4 is 10.1 Å². The molecule has 0 aliphatic rings. The lowest BCUT2D eigenvalue weighted by Gasteiger charge is -2.12. The number of amides is 1. The number of halogens is 2. The van der Waals surface area contributed by atoms with Gasteiger partial charge in [-0.25, -0.2) is 0 Å². The van der Waals surface area contributed by atoms with Crippen LogP contribution >= 0.6 is 35.0 Å². The molecule has 3 rings (SSSR count). The summed E-state index contributed by atoms with van der Waals surface area (Å²) in [5, 5.41) is 13.0. The maximum Gasteiger partial charge on any atom is 0.234 e. The van der Waals surface area contributed by atoms with E-state index >= 15 is 0 Å². The average Bonchev–Trinajstić information content (AvgIpc) is 3.10. The molecule has 0 bridgehead atoms. The number of para-hydroxylation sites is 1. The van der Waals surface area contributed by atoms with E-state index < -0.39 is 0 Å². The van der Waals surface area contributed by atoms with E-state index in [1.165, 1.54) is 11.8 Å². The third-order valence-corrected chi connectivity index (χ3v) is 5.94. The van der Waals surface area contributed by atoms with Gasteiger partial charge in [0.2, 0.25) is 5.91 Å². The molecule has 0 aliphatic carbocycles. The van der Waals surface area contributed by atoms with Gasteiger partial charge in [0.1, 0.15) is 12.4 Å². The van der Waals surface area contributed by atoms with Crippen molar-refractivity contribution in [2.75, 3.05) is 11.1 Å². The molecule has 2 aromatic carbocycles. The Bertz CT molecular complexity index is 1040. The second kappa shape index (κ2) is 10.2. The molecule has 30 heavy (non-hydrogen) atoms. The number of hydrogen-bond donors (Lipinski definition) is 1. The first-order valence-electron chi connectivity index (χ1n) is 9.37. The van der Waals surface area contributed by atoms with Crippen LogP contribution in [0.1, 0.15) is 23.9 Å². The highest BCUT2D eigenvalue weighted by atomic mass is 35.5. The number of thioether (sulfide) groups is 1. The Balaban J connectivity index is 1.62. The molecule has 0 fully saturated rings. The van der Waals surface area contributed by atoms with E-state index in [-0.39, 0.29) is 18.3 Å². The number of nitrogens with one attached hydrogen (secondary N) is 1. The number of benzene rings is 2. The molecule has 1 heterocycles. The summed E-state index contributed by atoms with van der Waals surface area (Å²) in [5.74, 6) is 1.32. The fourth-order valence-corrected chi connectivity index (χ4v) is 4.19. The van der Waals surface area contributed by atoms with Gasteiger partial charge in [0.15, 0.2) is 11.0 Å². The minimum atomic E-state index is -0.0891. The van der Waals surface area contributed by atoms with Crippen molar-refractivity contribution in [3.05, 3.63) is 63.4 Å². The van der Waals surface area contributed by atoms with Gasteiger partial charge in [0.05, 0.1) is 10.8 Å². The summed E-state index contributed by atoms with van der Waals surface area (Å²) in [4.78, 5) is 12.4. The molecule has 0 saturated carbocycles. The monoisotopic (exact) mass is 464 g/mol. The summed E-state index contributed by atoms with van der Waals surface area (Å²) < 4.78 is 7.68. The number of hydrogen-bond acceptors (Lipinski definition) is 5. The van der Waals surface area contributed by atoms with E-state index in [0.717, 1.165) is 16.8 Å². The lowest BCUT2D eigenvalue weighted by molar-refractivity contribution is -0.113. The van der Waals surface area contributed by atoms with Crippen molar-refractivity contribution in [2.24, 2.45) is 0 Å². The molecule has 0 unspecified atom stereocenters. The van der Waals surface area contributed by atoms with Gasteiger partial charge in [0.25, 0.3) is 0 Å². The van der Waals surface area contributed by atoms with Crippen LogP contribution in [0.25, 0.3) is 0 Å². The lowest BCUT2D eigenvalue weighted by Crippen LogP contribution is -2.16. The molecule has 1 aromatic heterocycles. The number of carbonyl (C=O) groups is 1. The normalized spacial score (nSPS) is 10.8. The van der Waals surface area contributed by atoms with Crippen LogP contribution in [0.15, 0.2) is 41.6 Å². The molecule has 1 N–H and O–H groups in total. The van der Waals surface area contributed by atoms with Crippen LogP contribution in [0.3, 0.4) is 0 Å². The summed E-state index contributed by atoms with van der Waals surface area (Å²) in [6, 6.07) is 11.0. The third-order valence-electron chi connectivity index (χ3n) is 4.44. The smallest absolute Gasteiger partial charge is 0.234 e. The molecule has 0 aliphatic heterocycles. The Morgan fingerprint density at radius 3 is 2.57 bits per heavy atom. The van der Waals surface area contributed by atoms with Crippen molar-refractivity contribution in [3.63, 3.8) is 0 Å². The molecule has 0 spiro atoms. The highest BCUT2D eigenvalue weighted by Gasteiger charge is 2.15. The predicted octanol–water partition coefficient (Wildman–Crippen LogP) is 5.53. The summed E-state index contributed by atoms with van der Waals surface area (Å²) in [6.45, 7) is 6.80. The highest BCUT2D eigenvalue weighted by Crippen LogP contribution is 2.28. The zero-order valence-electron chi connectivity index (χ0n) is 16.9. The average molecular weight is 465 g/mol. The number of nitrogens with zero attached hydrogens (tertiary/aromatic N) is 3. The SMILES string of the molecule is CCn1c(COc2ccc(Cl)cc2Cl)nnc1SCC(=O)Nc1c(C)cccc1C. The largest absolute Gasteiger partial charge is 0.484 e. The van der Waals surface area contributed by atoms with Crippen molar-refractivity contribution < 1.29 is 9.53 Å². The molecule has 3 aromatic rings. The minimum Gasteiger partial charge on any atom is -0.484 e. The number of aryl methyl sites for hydroxylation is 2. The van der Waals surface area contributed by atoms with Gasteiger partial charge >= 0.3 is 0 Å². The molecule has 0 radical (unpaired) electrons. The Labute approximate surface area is 189 Å². The van der Waals surface area contributed by atoms with E-state index in [1.807, 2.05) is 43.5 Å². The second-order valence-corrected chi connectivity index (χ2v) is 8.40. The van der Waals surface area contributed by atoms with Gasteiger partial charge in [-0.15, -0.1) is 10.2 Å². The lowest BCUT2D eigenvalue weighted by atomic mass is 10.1. The Hall–Kier alpha value is -2.22. The van der Waals surface area contributed by atoms with Crippen molar-refractivity contribution >= 4 is 46.6 Å². The number of rotatable bonds is 8. The third kappa shape index (κ3) is 5.47. The standard InChI is InChI=1S/C21H22Cl2N4O2S/c1-4-27-18(11-29-17-9-8-15(22)10-16(17)23)25-26-21(27)30-12-19(28)24-20-13(2)6-5-7-14(20)3/h5-10H,4,11-12H2,1-3H3,(H,24,28). The Morgan fingerprint density at radius 2 is 1.90 bits per heavy atom. The second-order valence-electron chi connectivity index (χ2n) is 6.61. The first-order chi connectivity index (χ1) is 14.4. The first-order valence-corrected chi connectivity index (χ1v) is 11.1. The summed E-state index contributed by atoms with van der Waals surface area (Å²) in [5.41, 5.74) is 2.92. The highest BCUT2D eigenvalue weighted by molar-refractivity contribution is 7.99. The van der Waals surface area contributed by atoms with Crippen molar-refractivity contribution in [1.82, 2.24) is 14.8 Å². The minimum absolute atomic E-state index is 0.0891.